The summed E-state index contributed by atoms with van der Waals surface area (Å²) in [5, 5.41) is 11.0. The van der Waals surface area contributed by atoms with E-state index in [-0.39, 0.29) is 18.4 Å². The van der Waals surface area contributed by atoms with Crippen LogP contribution in [0.1, 0.15) is 68.8 Å². The third-order valence-corrected chi connectivity index (χ3v) is 8.41. The summed E-state index contributed by atoms with van der Waals surface area (Å²) in [4.78, 5) is 72.4. The van der Waals surface area contributed by atoms with Gasteiger partial charge in [0.1, 0.15) is 17.9 Å². The number of morpholine rings is 1. The highest BCUT2D eigenvalue weighted by Crippen LogP contribution is 2.18. The van der Waals surface area contributed by atoms with Gasteiger partial charge in [-0.05, 0) is 43.4 Å². The summed E-state index contributed by atoms with van der Waals surface area (Å²) >= 11 is 0. The molecule has 2 heterocycles. The van der Waals surface area contributed by atoms with Crippen LogP contribution >= 0.6 is 0 Å². The van der Waals surface area contributed by atoms with E-state index in [0.29, 0.717) is 37.7 Å². The molecule has 1 saturated carbocycles. The summed E-state index contributed by atoms with van der Waals surface area (Å²) in [6.45, 7) is 7.45. The van der Waals surface area contributed by atoms with Crippen molar-refractivity contribution in [3.05, 3.63) is 59.8 Å². The van der Waals surface area contributed by atoms with Gasteiger partial charge in [-0.1, -0.05) is 63.4 Å². The predicted octanol–water partition coefficient (Wildman–Crippen LogP) is 1.92. The molecule has 248 valence electrons. The number of hydrogen-bond acceptors (Lipinski definition) is 8. The number of pyridine rings is 1. The Balaban J connectivity index is 1.41. The minimum atomic E-state index is -1.05. The lowest BCUT2D eigenvalue weighted by molar-refractivity contribution is -0.141. The summed E-state index contributed by atoms with van der Waals surface area (Å²) < 4.78 is 5.41. The van der Waals surface area contributed by atoms with Crippen LogP contribution in [0.15, 0.2) is 48.7 Å². The van der Waals surface area contributed by atoms with Crippen LogP contribution in [0.4, 0.5) is 5.82 Å². The van der Waals surface area contributed by atoms with Crippen molar-refractivity contribution in [3.63, 3.8) is 0 Å². The van der Waals surface area contributed by atoms with Crippen molar-refractivity contribution in [1.29, 1.82) is 0 Å². The lowest BCUT2D eigenvalue weighted by atomic mass is 9.94. The van der Waals surface area contributed by atoms with E-state index in [0.717, 1.165) is 37.7 Å². The highest BCUT2D eigenvalue weighted by Gasteiger charge is 2.33. The van der Waals surface area contributed by atoms with Crippen LogP contribution in [0.25, 0.3) is 0 Å². The molecule has 2 aliphatic rings. The standard InChI is InChI=1S/C34H46N6O6/c1-22(2)29(30(41)34(45)37-26-12-8-5-9-13-26)39-31(42)23(3)36-33(44)27(20-24-10-6-4-7-11-24)38-32(43)25-14-15-35-28(21-25)40-16-18-46-19-17-40/h4,6-7,10-11,14-15,21-23,26-27,29H,5,8-9,12-13,16-20H2,1-3H3,(H,36,44)(H,37,45)(H,38,43)(H,39,42). The lowest BCUT2D eigenvalue weighted by Crippen LogP contribution is -2.57. The fourth-order valence-corrected chi connectivity index (χ4v) is 5.66. The topological polar surface area (TPSA) is 159 Å². The zero-order valence-electron chi connectivity index (χ0n) is 26.9. The number of carbonyl (C=O) groups is 5. The van der Waals surface area contributed by atoms with Crippen LogP contribution in [0, 0.1) is 5.92 Å². The van der Waals surface area contributed by atoms with Crippen molar-refractivity contribution >= 4 is 35.2 Å². The molecule has 4 rings (SSSR count). The highest BCUT2D eigenvalue weighted by atomic mass is 16.5. The van der Waals surface area contributed by atoms with Gasteiger partial charge in [-0.3, -0.25) is 24.0 Å². The second kappa shape index (κ2) is 16.8. The van der Waals surface area contributed by atoms with Crippen LogP contribution < -0.4 is 26.2 Å². The Kier molecular flexibility index (Phi) is 12.6. The molecule has 12 heteroatoms. The third-order valence-electron chi connectivity index (χ3n) is 8.41. The minimum Gasteiger partial charge on any atom is -0.378 e. The lowest BCUT2D eigenvalue weighted by Gasteiger charge is -2.28. The fourth-order valence-electron chi connectivity index (χ4n) is 5.66. The second-order valence-electron chi connectivity index (χ2n) is 12.4. The number of rotatable bonds is 13. The van der Waals surface area contributed by atoms with E-state index in [9.17, 15) is 24.0 Å². The molecule has 46 heavy (non-hydrogen) atoms. The van der Waals surface area contributed by atoms with E-state index < -0.39 is 47.5 Å². The molecular weight excluding hydrogens is 588 g/mol. The number of nitrogens with zero attached hydrogens (tertiary/aromatic N) is 2. The molecule has 1 aliphatic heterocycles. The van der Waals surface area contributed by atoms with Crippen molar-refractivity contribution in [2.75, 3.05) is 31.2 Å². The number of ether oxygens (including phenoxy) is 1. The number of Topliss-reactive ketones (excluding diaryl/α,β-unsaturated/α-hetero) is 1. The minimum absolute atomic E-state index is 0.0400. The van der Waals surface area contributed by atoms with Gasteiger partial charge < -0.3 is 30.9 Å². The van der Waals surface area contributed by atoms with Crippen LogP contribution in [-0.2, 0) is 30.3 Å². The number of carbonyl (C=O) groups excluding carboxylic acids is 5. The third kappa shape index (κ3) is 9.84. The van der Waals surface area contributed by atoms with Gasteiger partial charge in [0.05, 0.1) is 19.3 Å². The smallest absolute Gasteiger partial charge is 0.289 e. The van der Waals surface area contributed by atoms with Crippen LogP contribution in [0.3, 0.4) is 0 Å². The highest BCUT2D eigenvalue weighted by molar-refractivity contribution is 6.38. The molecule has 3 unspecified atom stereocenters. The average Bonchev–Trinajstić information content (AvgIpc) is 3.07. The molecule has 1 aromatic heterocycles. The molecule has 1 aromatic carbocycles. The summed E-state index contributed by atoms with van der Waals surface area (Å²) in [5.74, 6) is -2.77. The predicted molar refractivity (Wildman–Crippen MR) is 173 cm³/mol. The van der Waals surface area contributed by atoms with Crippen LogP contribution in [-0.4, -0.2) is 84.9 Å². The molecule has 3 atom stereocenters. The van der Waals surface area contributed by atoms with Crippen molar-refractivity contribution in [2.45, 2.75) is 83.5 Å². The van der Waals surface area contributed by atoms with Gasteiger partial charge in [-0.25, -0.2) is 4.98 Å². The molecule has 0 spiro atoms. The Morgan fingerprint density at radius 2 is 1.59 bits per heavy atom. The molecule has 4 N–H and O–H groups in total. The average molecular weight is 635 g/mol. The summed E-state index contributed by atoms with van der Waals surface area (Å²) in [6, 6.07) is 9.36. The maximum absolute atomic E-state index is 13.6. The maximum Gasteiger partial charge on any atom is 0.289 e. The quantitative estimate of drug-likeness (QED) is 0.243. The Bertz CT molecular complexity index is 1360. The van der Waals surface area contributed by atoms with Gasteiger partial charge in [0.2, 0.25) is 17.6 Å². The zero-order chi connectivity index (χ0) is 33.1. The van der Waals surface area contributed by atoms with Crippen molar-refractivity contribution < 1.29 is 28.7 Å². The van der Waals surface area contributed by atoms with Crippen molar-refractivity contribution in [2.24, 2.45) is 5.92 Å². The first-order valence-corrected chi connectivity index (χ1v) is 16.2. The number of anilines is 1. The largest absolute Gasteiger partial charge is 0.378 e. The number of aromatic nitrogens is 1. The van der Waals surface area contributed by atoms with Gasteiger partial charge in [0.25, 0.3) is 11.8 Å². The summed E-state index contributed by atoms with van der Waals surface area (Å²) in [6.07, 6.45) is 6.52. The van der Waals surface area contributed by atoms with Crippen LogP contribution in [0.5, 0.6) is 0 Å². The SMILES string of the molecule is CC(NC(=O)C(Cc1ccccc1)NC(=O)c1ccnc(N2CCOCC2)c1)C(=O)NC(C(=O)C(=O)NC1CCCCC1)C(C)C. The fraction of sp³-hybridized carbons (Fsp3) is 0.529. The second-order valence-corrected chi connectivity index (χ2v) is 12.4. The molecule has 4 amide bonds. The number of amides is 4. The number of ketones is 1. The maximum atomic E-state index is 13.6. The van der Waals surface area contributed by atoms with Crippen molar-refractivity contribution in [1.82, 2.24) is 26.3 Å². The number of nitrogens with one attached hydrogen (secondary N) is 4. The van der Waals surface area contributed by atoms with E-state index in [1.807, 2.05) is 35.2 Å². The van der Waals surface area contributed by atoms with E-state index in [1.54, 1.807) is 32.2 Å². The monoisotopic (exact) mass is 634 g/mol. The zero-order valence-corrected chi connectivity index (χ0v) is 26.9. The van der Waals surface area contributed by atoms with Crippen LogP contribution in [0.2, 0.25) is 0 Å². The van der Waals surface area contributed by atoms with E-state index >= 15 is 0 Å². The molecule has 12 nitrogen and oxygen atoms in total. The Morgan fingerprint density at radius 1 is 0.891 bits per heavy atom. The number of hydrogen-bond donors (Lipinski definition) is 4. The van der Waals surface area contributed by atoms with E-state index in [4.69, 9.17) is 4.74 Å². The normalized spacial score (nSPS) is 17.3. The summed E-state index contributed by atoms with van der Waals surface area (Å²) in [5.41, 5.74) is 1.16. The Labute approximate surface area is 270 Å². The first-order chi connectivity index (χ1) is 22.1. The molecular formula is C34H46N6O6. The molecule has 1 saturated heterocycles. The molecule has 0 radical (unpaired) electrons. The van der Waals surface area contributed by atoms with Gasteiger partial charge in [0, 0.05) is 37.3 Å². The van der Waals surface area contributed by atoms with Gasteiger partial charge in [-0.15, -0.1) is 0 Å². The first-order valence-electron chi connectivity index (χ1n) is 16.2. The first kappa shape index (κ1) is 34.6. The van der Waals surface area contributed by atoms with Gasteiger partial charge in [0.15, 0.2) is 0 Å². The molecule has 2 aromatic rings. The molecule has 1 aliphatic carbocycles. The van der Waals surface area contributed by atoms with Crippen molar-refractivity contribution in [3.8, 4) is 0 Å². The van der Waals surface area contributed by atoms with Gasteiger partial charge in [-0.2, -0.15) is 0 Å². The van der Waals surface area contributed by atoms with E-state index in [2.05, 4.69) is 26.3 Å². The molecule has 0 bridgehead atoms. The summed E-state index contributed by atoms with van der Waals surface area (Å²) in [7, 11) is 0. The van der Waals surface area contributed by atoms with Gasteiger partial charge >= 0.3 is 0 Å². The Morgan fingerprint density at radius 3 is 2.26 bits per heavy atom. The van der Waals surface area contributed by atoms with E-state index in [1.165, 1.54) is 6.92 Å². The molecule has 2 fully saturated rings. The number of benzene rings is 1. The Hall–Kier alpha value is -4.32.